The maximum absolute atomic E-state index is 2.48. The Kier molecular flexibility index (Phi) is 3.67. The Morgan fingerprint density at radius 3 is 1.48 bits per heavy atom. The molecule has 0 saturated heterocycles. The Morgan fingerprint density at radius 2 is 0.926 bits per heavy atom. The first-order chi connectivity index (χ1) is 12.3. The van der Waals surface area contributed by atoms with Crippen LogP contribution in [0.2, 0.25) is 0 Å². The van der Waals surface area contributed by atoms with Crippen molar-refractivity contribution >= 4 is 0 Å². The van der Waals surface area contributed by atoms with Crippen molar-refractivity contribution < 1.29 is 0 Å². The van der Waals surface area contributed by atoms with E-state index in [-0.39, 0.29) is 10.8 Å². The molecule has 0 heteroatoms. The van der Waals surface area contributed by atoms with Gasteiger partial charge in [0.15, 0.2) is 0 Å². The van der Waals surface area contributed by atoms with E-state index in [0.29, 0.717) is 5.92 Å². The highest BCUT2D eigenvalue weighted by molar-refractivity contribution is 5.76. The lowest BCUT2D eigenvalue weighted by Gasteiger charge is -2.54. The zero-order valence-corrected chi connectivity index (χ0v) is 19.3. The molecule has 0 N–H and O–H groups in total. The number of allylic oxidation sites excluding steroid dienone is 12. The Labute approximate surface area is 166 Å². The van der Waals surface area contributed by atoms with Crippen LogP contribution in [0, 0.1) is 16.7 Å². The number of rotatable bonds is 0. The summed E-state index contributed by atoms with van der Waals surface area (Å²) in [6.07, 6.45) is 1.22. The van der Waals surface area contributed by atoms with Crippen LogP contribution in [0.4, 0.5) is 0 Å². The van der Waals surface area contributed by atoms with E-state index in [1.54, 1.807) is 27.9 Å². The van der Waals surface area contributed by atoms with Gasteiger partial charge in [0.05, 0.1) is 0 Å². The van der Waals surface area contributed by atoms with Gasteiger partial charge in [-0.3, -0.25) is 0 Å². The van der Waals surface area contributed by atoms with Crippen LogP contribution in [0.25, 0.3) is 0 Å². The smallest absolute Gasteiger partial charge is 0.0356 e. The first-order valence-corrected chi connectivity index (χ1v) is 10.6. The van der Waals surface area contributed by atoms with Gasteiger partial charge in [0.25, 0.3) is 0 Å². The Hall–Kier alpha value is -1.56. The van der Waals surface area contributed by atoms with Crippen molar-refractivity contribution in [3.05, 3.63) is 66.9 Å². The predicted octanol–water partition coefficient (Wildman–Crippen LogP) is 8.02. The number of hydrogen-bond donors (Lipinski definition) is 0. The highest BCUT2D eigenvalue weighted by Crippen LogP contribution is 2.65. The fourth-order valence-corrected chi connectivity index (χ4v) is 7.17. The van der Waals surface area contributed by atoms with E-state index in [2.05, 4.69) is 76.2 Å². The molecule has 0 nitrogen and oxygen atoms in total. The molecule has 0 spiro atoms. The first kappa shape index (κ1) is 18.8. The molecule has 4 aliphatic carbocycles. The minimum Gasteiger partial charge on any atom is -0.0558 e. The second kappa shape index (κ2) is 5.28. The van der Waals surface area contributed by atoms with E-state index in [1.807, 2.05) is 0 Å². The monoisotopic (exact) mass is 360 g/mol. The summed E-state index contributed by atoms with van der Waals surface area (Å²) in [7, 11) is 0. The van der Waals surface area contributed by atoms with Gasteiger partial charge in [0.2, 0.25) is 0 Å². The topological polar surface area (TPSA) is 0 Å². The minimum atomic E-state index is 0.216. The average Bonchev–Trinajstić information content (AvgIpc) is 2.53. The Morgan fingerprint density at radius 1 is 0.481 bits per heavy atom. The van der Waals surface area contributed by atoms with Gasteiger partial charge in [-0.2, -0.15) is 0 Å². The van der Waals surface area contributed by atoms with E-state index in [4.69, 9.17) is 0 Å². The van der Waals surface area contributed by atoms with Gasteiger partial charge in [0.1, 0.15) is 0 Å². The van der Waals surface area contributed by atoms with Crippen LogP contribution in [-0.4, -0.2) is 0 Å². The molecule has 27 heavy (non-hydrogen) atoms. The SMILES string of the molecule is CC1=C(C)C2=C(C)C(C)=C3C4=C(C(C)=C(C)C(=C1C)C24)C(C)(C)CC3(C)C. The molecular formula is C27H36. The van der Waals surface area contributed by atoms with Gasteiger partial charge < -0.3 is 0 Å². The molecule has 0 amide bonds. The highest BCUT2D eigenvalue weighted by atomic mass is 14.5. The summed E-state index contributed by atoms with van der Waals surface area (Å²) in [6, 6.07) is 0. The zero-order valence-electron chi connectivity index (χ0n) is 19.3. The summed E-state index contributed by atoms with van der Waals surface area (Å²) in [5.74, 6) is 0.449. The van der Waals surface area contributed by atoms with Crippen molar-refractivity contribution in [1.82, 2.24) is 0 Å². The van der Waals surface area contributed by atoms with Gasteiger partial charge >= 0.3 is 0 Å². The van der Waals surface area contributed by atoms with Crippen LogP contribution >= 0.6 is 0 Å². The molecule has 0 fully saturated rings. The van der Waals surface area contributed by atoms with Crippen molar-refractivity contribution in [2.75, 3.05) is 0 Å². The molecule has 0 aliphatic heterocycles. The summed E-state index contributed by atoms with van der Waals surface area (Å²) in [6.45, 7) is 26.4. The van der Waals surface area contributed by atoms with Crippen LogP contribution in [0.1, 0.15) is 82.6 Å². The molecule has 0 radical (unpaired) electrons. The zero-order chi connectivity index (χ0) is 20.2. The fourth-order valence-electron chi connectivity index (χ4n) is 7.17. The van der Waals surface area contributed by atoms with Gasteiger partial charge in [0, 0.05) is 5.92 Å². The summed E-state index contributed by atoms with van der Waals surface area (Å²) < 4.78 is 0. The van der Waals surface area contributed by atoms with Crippen LogP contribution in [-0.2, 0) is 0 Å². The normalized spacial score (nSPS) is 29.2. The van der Waals surface area contributed by atoms with Crippen LogP contribution in [0.3, 0.4) is 0 Å². The molecular weight excluding hydrogens is 324 g/mol. The van der Waals surface area contributed by atoms with Crippen molar-refractivity contribution in [2.45, 2.75) is 82.6 Å². The van der Waals surface area contributed by atoms with E-state index < -0.39 is 0 Å². The minimum absolute atomic E-state index is 0.216. The lowest BCUT2D eigenvalue weighted by atomic mass is 9.49. The van der Waals surface area contributed by atoms with E-state index in [0.717, 1.165) is 0 Å². The quantitative estimate of drug-likeness (QED) is 0.410. The molecule has 4 rings (SSSR count). The second-order valence-electron chi connectivity index (χ2n) is 10.7. The lowest BCUT2D eigenvalue weighted by Crippen LogP contribution is -2.41. The molecule has 0 heterocycles. The standard InChI is InChI=1S/C27H36/c1-13-14(2)20-16(4)18(6)24-23-22(20)21(15(13)3)17(5)19(7)25(23)27(10,11)12-26(24,8)9/h22H,12H2,1-11H3. The van der Waals surface area contributed by atoms with Crippen molar-refractivity contribution in [1.29, 1.82) is 0 Å². The van der Waals surface area contributed by atoms with Crippen molar-refractivity contribution in [2.24, 2.45) is 16.7 Å². The van der Waals surface area contributed by atoms with Gasteiger partial charge in [-0.05, 0) is 133 Å². The predicted molar refractivity (Wildman–Crippen MR) is 118 cm³/mol. The van der Waals surface area contributed by atoms with E-state index >= 15 is 0 Å². The second-order valence-corrected chi connectivity index (χ2v) is 10.7. The average molecular weight is 361 g/mol. The molecule has 1 unspecified atom stereocenters. The Balaban J connectivity index is 2.26. The molecule has 0 aromatic rings. The van der Waals surface area contributed by atoms with Crippen LogP contribution in [0.5, 0.6) is 0 Å². The third-order valence-corrected chi connectivity index (χ3v) is 8.26. The molecule has 0 aromatic carbocycles. The molecule has 1 atom stereocenters. The van der Waals surface area contributed by atoms with E-state index in [9.17, 15) is 0 Å². The molecule has 144 valence electrons. The third kappa shape index (κ3) is 2.11. The summed E-state index contributed by atoms with van der Waals surface area (Å²) in [5.41, 5.74) is 19.2. The van der Waals surface area contributed by atoms with Gasteiger partial charge in [-0.1, -0.05) is 27.7 Å². The summed E-state index contributed by atoms with van der Waals surface area (Å²) >= 11 is 0. The maximum atomic E-state index is 2.48. The van der Waals surface area contributed by atoms with Crippen LogP contribution in [0.15, 0.2) is 66.9 Å². The molecule has 0 saturated carbocycles. The Bertz CT molecular complexity index is 987. The van der Waals surface area contributed by atoms with E-state index in [1.165, 1.54) is 45.4 Å². The van der Waals surface area contributed by atoms with Gasteiger partial charge in [-0.25, -0.2) is 0 Å². The molecule has 0 aromatic heterocycles. The lowest BCUT2D eigenvalue weighted by molar-refractivity contribution is 0.245. The number of hydrogen-bond acceptors (Lipinski definition) is 0. The van der Waals surface area contributed by atoms with Crippen molar-refractivity contribution in [3.8, 4) is 0 Å². The van der Waals surface area contributed by atoms with Crippen molar-refractivity contribution in [3.63, 3.8) is 0 Å². The molecule has 0 bridgehead atoms. The van der Waals surface area contributed by atoms with Gasteiger partial charge in [-0.15, -0.1) is 0 Å². The first-order valence-electron chi connectivity index (χ1n) is 10.6. The fraction of sp³-hybridized carbons (Fsp3) is 0.556. The summed E-state index contributed by atoms with van der Waals surface area (Å²) in [5, 5.41) is 0. The largest absolute Gasteiger partial charge is 0.0558 e. The maximum Gasteiger partial charge on any atom is 0.0356 e. The van der Waals surface area contributed by atoms with Crippen LogP contribution < -0.4 is 0 Å². The molecule has 4 aliphatic rings. The third-order valence-electron chi connectivity index (χ3n) is 8.26. The highest BCUT2D eigenvalue weighted by Gasteiger charge is 2.51. The summed E-state index contributed by atoms with van der Waals surface area (Å²) in [4.78, 5) is 0.